The topological polar surface area (TPSA) is 22.0 Å². The molecule has 1 rings (SSSR count). The van der Waals surface area contributed by atoms with Gasteiger partial charge < -0.3 is 4.57 Å². The minimum absolute atomic E-state index is 0.0480. The summed E-state index contributed by atoms with van der Waals surface area (Å²) in [5, 5.41) is 0. The summed E-state index contributed by atoms with van der Waals surface area (Å²) in [7, 11) is 1.74. The second kappa shape index (κ2) is 2.92. The van der Waals surface area contributed by atoms with Crippen LogP contribution in [-0.4, -0.2) is 10.8 Å². The van der Waals surface area contributed by atoms with E-state index in [1.54, 1.807) is 35.6 Å². The third-order valence-corrected chi connectivity index (χ3v) is 2.04. The van der Waals surface area contributed by atoms with Crippen LogP contribution in [-0.2, 0) is 7.05 Å². The summed E-state index contributed by atoms with van der Waals surface area (Å²) in [4.78, 5) is 12.0. The molecule has 3 heteroatoms. The van der Waals surface area contributed by atoms with E-state index in [0.29, 0.717) is 0 Å². The molecule has 0 aromatic carbocycles. The number of hydrogen-bond donors (Lipinski definition) is 0. The van der Waals surface area contributed by atoms with E-state index in [4.69, 9.17) is 0 Å². The van der Waals surface area contributed by atoms with Crippen molar-refractivity contribution < 1.29 is 0 Å². The Morgan fingerprint density at radius 1 is 1.60 bits per heavy atom. The van der Waals surface area contributed by atoms with Crippen molar-refractivity contribution >= 4 is 11.8 Å². The van der Waals surface area contributed by atoms with Gasteiger partial charge in [-0.25, -0.2) is 0 Å². The molecule has 0 aliphatic carbocycles. The number of nitrogens with zero attached hydrogens (tertiary/aromatic N) is 1. The van der Waals surface area contributed by atoms with E-state index in [0.717, 1.165) is 4.90 Å². The Morgan fingerprint density at radius 3 is 2.80 bits per heavy atom. The molecule has 2 nitrogen and oxygen atoms in total. The summed E-state index contributed by atoms with van der Waals surface area (Å²) >= 11 is 1.58. The molecule has 0 aliphatic heterocycles. The Labute approximate surface area is 63.9 Å². The van der Waals surface area contributed by atoms with E-state index in [2.05, 4.69) is 0 Å². The molecule has 54 valence electrons. The van der Waals surface area contributed by atoms with Crippen molar-refractivity contribution in [2.75, 3.05) is 6.26 Å². The smallest absolute Gasteiger partial charge is 0.251 e. The first-order valence-corrected chi connectivity index (χ1v) is 4.17. The van der Waals surface area contributed by atoms with Gasteiger partial charge in [-0.05, 0) is 12.3 Å². The minimum Gasteiger partial charge on any atom is -0.319 e. The van der Waals surface area contributed by atoms with Gasteiger partial charge >= 0.3 is 0 Å². The molecule has 1 aromatic heterocycles. The highest BCUT2D eigenvalue weighted by Crippen LogP contribution is 2.09. The highest BCUT2D eigenvalue weighted by atomic mass is 32.2. The molecule has 1 heterocycles. The van der Waals surface area contributed by atoms with E-state index in [1.807, 2.05) is 12.3 Å². The Balaban J connectivity index is 3.17. The van der Waals surface area contributed by atoms with Crippen LogP contribution in [0.15, 0.2) is 28.0 Å². The van der Waals surface area contributed by atoms with Crippen molar-refractivity contribution in [1.82, 2.24) is 4.57 Å². The molecule has 0 N–H and O–H groups in total. The number of rotatable bonds is 1. The van der Waals surface area contributed by atoms with Crippen LogP contribution >= 0.6 is 11.8 Å². The van der Waals surface area contributed by atoms with E-state index in [9.17, 15) is 4.79 Å². The number of pyridine rings is 1. The first kappa shape index (κ1) is 7.41. The Morgan fingerprint density at radius 2 is 2.30 bits per heavy atom. The maximum absolute atomic E-state index is 10.9. The van der Waals surface area contributed by atoms with Crippen molar-refractivity contribution in [2.45, 2.75) is 4.90 Å². The molecule has 0 radical (unpaired) electrons. The zero-order valence-corrected chi connectivity index (χ0v) is 6.81. The first-order chi connectivity index (χ1) is 4.74. The number of hydrogen-bond acceptors (Lipinski definition) is 2. The third-order valence-electron chi connectivity index (χ3n) is 1.31. The minimum atomic E-state index is 0.0480. The molecule has 10 heavy (non-hydrogen) atoms. The van der Waals surface area contributed by atoms with Gasteiger partial charge in [-0.1, -0.05) is 0 Å². The number of aromatic nitrogens is 1. The lowest BCUT2D eigenvalue weighted by Gasteiger charge is -1.96. The molecule has 0 bridgehead atoms. The summed E-state index contributed by atoms with van der Waals surface area (Å²) < 4.78 is 1.56. The fraction of sp³-hybridized carbons (Fsp3) is 0.286. The Bertz CT molecular complexity index is 279. The van der Waals surface area contributed by atoms with Gasteiger partial charge in [0.25, 0.3) is 5.56 Å². The molecule has 1 aromatic rings. The standard InChI is InChI=1S/C7H9NOS/c1-8-4-3-6(10-2)5-7(8)9/h3-5H,1-2H3. The molecule has 0 fully saturated rings. The quantitative estimate of drug-likeness (QED) is 0.567. The molecule has 0 saturated heterocycles. The largest absolute Gasteiger partial charge is 0.319 e. The summed E-state index contributed by atoms with van der Waals surface area (Å²) in [6, 6.07) is 3.55. The van der Waals surface area contributed by atoms with Gasteiger partial charge in [0.1, 0.15) is 0 Å². The SMILES string of the molecule is CSc1ccn(C)c(=O)c1. The molecule has 0 atom stereocenters. The van der Waals surface area contributed by atoms with Crippen LogP contribution in [0.1, 0.15) is 0 Å². The lowest BCUT2D eigenvalue weighted by molar-refractivity contribution is 0.850. The molecular weight excluding hydrogens is 146 g/mol. The highest BCUT2D eigenvalue weighted by Gasteiger charge is 1.91. The molecule has 0 aliphatic rings. The van der Waals surface area contributed by atoms with Gasteiger partial charge in [-0.3, -0.25) is 4.79 Å². The predicted molar refractivity (Wildman–Crippen MR) is 43.5 cm³/mol. The normalized spacial score (nSPS) is 9.80. The highest BCUT2D eigenvalue weighted by molar-refractivity contribution is 7.98. The van der Waals surface area contributed by atoms with Crippen molar-refractivity contribution in [3.63, 3.8) is 0 Å². The van der Waals surface area contributed by atoms with Crippen LogP contribution < -0.4 is 5.56 Å². The van der Waals surface area contributed by atoms with Crippen molar-refractivity contribution in [2.24, 2.45) is 7.05 Å². The summed E-state index contributed by atoms with van der Waals surface area (Å²) in [5.74, 6) is 0. The van der Waals surface area contributed by atoms with Crippen molar-refractivity contribution in [1.29, 1.82) is 0 Å². The first-order valence-electron chi connectivity index (χ1n) is 2.94. The molecule has 0 spiro atoms. The second-order valence-corrected chi connectivity index (χ2v) is 2.90. The van der Waals surface area contributed by atoms with Crippen LogP contribution in [0, 0.1) is 0 Å². The van der Waals surface area contributed by atoms with Gasteiger partial charge in [0.2, 0.25) is 0 Å². The second-order valence-electron chi connectivity index (χ2n) is 2.02. The predicted octanol–water partition coefficient (Wildman–Crippen LogP) is 1.11. The maximum Gasteiger partial charge on any atom is 0.251 e. The Hall–Kier alpha value is -0.700. The average molecular weight is 155 g/mol. The van der Waals surface area contributed by atoms with Crippen LogP contribution in [0.5, 0.6) is 0 Å². The van der Waals surface area contributed by atoms with E-state index in [-0.39, 0.29) is 5.56 Å². The van der Waals surface area contributed by atoms with Crippen molar-refractivity contribution in [3.8, 4) is 0 Å². The van der Waals surface area contributed by atoms with E-state index >= 15 is 0 Å². The Kier molecular flexibility index (Phi) is 2.17. The number of thioether (sulfide) groups is 1. The van der Waals surface area contributed by atoms with Gasteiger partial charge in [0, 0.05) is 24.2 Å². The summed E-state index contributed by atoms with van der Waals surface area (Å²) in [5.41, 5.74) is 0.0480. The lowest BCUT2D eigenvalue weighted by Crippen LogP contribution is -2.13. The lowest BCUT2D eigenvalue weighted by atomic mass is 10.5. The third kappa shape index (κ3) is 1.42. The zero-order chi connectivity index (χ0) is 7.56. The summed E-state index contributed by atoms with van der Waals surface area (Å²) in [6.45, 7) is 0. The van der Waals surface area contributed by atoms with Crippen molar-refractivity contribution in [3.05, 3.63) is 28.7 Å². The molecule has 0 amide bonds. The average Bonchev–Trinajstić information content (AvgIpc) is 1.95. The van der Waals surface area contributed by atoms with Crippen LogP contribution in [0.25, 0.3) is 0 Å². The zero-order valence-electron chi connectivity index (χ0n) is 6.00. The van der Waals surface area contributed by atoms with E-state index in [1.165, 1.54) is 0 Å². The fourth-order valence-corrected chi connectivity index (χ4v) is 1.07. The van der Waals surface area contributed by atoms with Crippen LogP contribution in [0.3, 0.4) is 0 Å². The molecule has 0 saturated carbocycles. The monoisotopic (exact) mass is 155 g/mol. The van der Waals surface area contributed by atoms with Crippen LogP contribution in [0.2, 0.25) is 0 Å². The van der Waals surface area contributed by atoms with E-state index < -0.39 is 0 Å². The van der Waals surface area contributed by atoms with Gasteiger partial charge in [-0.2, -0.15) is 0 Å². The fourth-order valence-electron chi connectivity index (χ4n) is 0.657. The molecule has 0 unspecified atom stereocenters. The summed E-state index contributed by atoms with van der Waals surface area (Å²) in [6.07, 6.45) is 3.73. The van der Waals surface area contributed by atoms with Gasteiger partial charge in [-0.15, -0.1) is 11.8 Å². The van der Waals surface area contributed by atoms with Gasteiger partial charge in [0.15, 0.2) is 0 Å². The molecular formula is C7H9NOS. The number of aryl methyl sites for hydroxylation is 1. The van der Waals surface area contributed by atoms with Crippen LogP contribution in [0.4, 0.5) is 0 Å². The maximum atomic E-state index is 10.9. The van der Waals surface area contributed by atoms with Gasteiger partial charge in [0.05, 0.1) is 0 Å².